The van der Waals surface area contributed by atoms with Gasteiger partial charge < -0.3 is 14.7 Å². The average molecular weight is 375 g/mol. The molecule has 0 unspecified atom stereocenters. The number of ether oxygens (including phenoxy) is 1. The summed E-state index contributed by atoms with van der Waals surface area (Å²) in [5, 5.41) is 9.37. The molecule has 1 fully saturated rings. The SMILES string of the molecule is C#CC1(C(=O)O)CCN(C(=O)OCC2c3ccccc3-c3ccccc32)CC1. The summed E-state index contributed by atoms with van der Waals surface area (Å²) < 4.78 is 5.63. The third-order valence-corrected chi connectivity index (χ3v) is 5.90. The van der Waals surface area contributed by atoms with Gasteiger partial charge in [-0.15, -0.1) is 6.42 Å². The zero-order chi connectivity index (χ0) is 19.7. The summed E-state index contributed by atoms with van der Waals surface area (Å²) >= 11 is 0. The lowest BCUT2D eigenvalue weighted by atomic mass is 9.79. The number of rotatable bonds is 3. The summed E-state index contributed by atoms with van der Waals surface area (Å²) in [6.45, 7) is 0.822. The van der Waals surface area contributed by atoms with Gasteiger partial charge in [0, 0.05) is 19.0 Å². The molecule has 1 aliphatic carbocycles. The van der Waals surface area contributed by atoms with E-state index in [1.54, 1.807) is 4.90 Å². The van der Waals surface area contributed by atoms with Gasteiger partial charge in [-0.1, -0.05) is 54.5 Å². The van der Waals surface area contributed by atoms with Crippen LogP contribution in [0, 0.1) is 17.8 Å². The molecule has 2 aromatic rings. The van der Waals surface area contributed by atoms with Crippen molar-refractivity contribution in [3.63, 3.8) is 0 Å². The van der Waals surface area contributed by atoms with E-state index in [9.17, 15) is 14.7 Å². The molecule has 1 N–H and O–H groups in total. The highest BCUT2D eigenvalue weighted by Gasteiger charge is 2.41. The van der Waals surface area contributed by atoms with Crippen LogP contribution in [-0.2, 0) is 9.53 Å². The molecule has 0 aromatic heterocycles. The normalized spacial score (nSPS) is 17.3. The van der Waals surface area contributed by atoms with Gasteiger partial charge in [-0.3, -0.25) is 4.79 Å². The fraction of sp³-hybridized carbons (Fsp3) is 0.304. The van der Waals surface area contributed by atoms with E-state index < -0.39 is 17.5 Å². The topological polar surface area (TPSA) is 66.8 Å². The lowest BCUT2D eigenvalue weighted by Crippen LogP contribution is -2.46. The highest BCUT2D eigenvalue weighted by Crippen LogP contribution is 2.44. The number of carboxylic acid groups (broad SMARTS) is 1. The number of amides is 1. The molecule has 5 nitrogen and oxygen atoms in total. The quantitative estimate of drug-likeness (QED) is 0.830. The van der Waals surface area contributed by atoms with Gasteiger partial charge in [-0.25, -0.2) is 4.79 Å². The third kappa shape index (κ3) is 2.91. The van der Waals surface area contributed by atoms with Crippen molar-refractivity contribution in [2.24, 2.45) is 5.41 Å². The molecule has 1 amide bonds. The molecule has 2 aromatic carbocycles. The Morgan fingerprint density at radius 1 is 1.07 bits per heavy atom. The predicted molar refractivity (Wildman–Crippen MR) is 105 cm³/mol. The Kier molecular flexibility index (Phi) is 4.56. The van der Waals surface area contributed by atoms with Crippen molar-refractivity contribution >= 4 is 12.1 Å². The minimum atomic E-state index is -1.18. The van der Waals surface area contributed by atoms with Gasteiger partial charge in [0.25, 0.3) is 0 Å². The first-order chi connectivity index (χ1) is 13.6. The number of carboxylic acids is 1. The first-order valence-corrected chi connectivity index (χ1v) is 9.37. The summed E-state index contributed by atoms with van der Waals surface area (Å²) in [7, 11) is 0. The molecule has 1 heterocycles. The van der Waals surface area contributed by atoms with E-state index in [0.717, 1.165) is 11.1 Å². The Bertz CT molecular complexity index is 921. The van der Waals surface area contributed by atoms with E-state index in [0.29, 0.717) is 0 Å². The summed E-state index contributed by atoms with van der Waals surface area (Å²) in [5.41, 5.74) is 3.50. The number of hydrogen-bond acceptors (Lipinski definition) is 3. The van der Waals surface area contributed by atoms with Crippen LogP contribution in [0.3, 0.4) is 0 Å². The van der Waals surface area contributed by atoms with E-state index in [1.807, 2.05) is 24.3 Å². The molecule has 2 aliphatic rings. The first-order valence-electron chi connectivity index (χ1n) is 9.37. The lowest BCUT2D eigenvalue weighted by molar-refractivity contribution is -0.147. The number of fused-ring (bicyclic) bond motifs is 3. The van der Waals surface area contributed by atoms with Crippen LogP contribution in [0.2, 0.25) is 0 Å². The molecular weight excluding hydrogens is 354 g/mol. The number of hydrogen-bond donors (Lipinski definition) is 1. The first kappa shape index (κ1) is 18.1. The van der Waals surface area contributed by atoms with Crippen molar-refractivity contribution in [2.75, 3.05) is 19.7 Å². The number of benzene rings is 2. The molecule has 0 radical (unpaired) electrons. The van der Waals surface area contributed by atoms with Crippen LogP contribution < -0.4 is 0 Å². The van der Waals surface area contributed by atoms with Crippen molar-refractivity contribution in [1.82, 2.24) is 4.90 Å². The molecule has 0 bridgehead atoms. The number of nitrogens with zero attached hydrogens (tertiary/aromatic N) is 1. The number of terminal acetylenes is 1. The molecule has 1 saturated heterocycles. The Hall–Kier alpha value is -3.26. The van der Waals surface area contributed by atoms with E-state index in [1.165, 1.54) is 11.1 Å². The second-order valence-electron chi connectivity index (χ2n) is 7.32. The van der Waals surface area contributed by atoms with E-state index >= 15 is 0 Å². The van der Waals surface area contributed by atoms with Gasteiger partial charge in [0.05, 0.1) is 0 Å². The van der Waals surface area contributed by atoms with E-state index in [2.05, 4.69) is 30.2 Å². The lowest BCUT2D eigenvalue weighted by Gasteiger charge is -2.35. The number of likely N-dealkylation sites (tertiary alicyclic amines) is 1. The van der Waals surface area contributed by atoms with Crippen molar-refractivity contribution in [3.8, 4) is 23.5 Å². The van der Waals surface area contributed by atoms with Crippen molar-refractivity contribution in [2.45, 2.75) is 18.8 Å². The van der Waals surface area contributed by atoms with E-state index in [-0.39, 0.29) is 38.5 Å². The molecule has 4 rings (SSSR count). The fourth-order valence-electron chi connectivity index (χ4n) is 4.18. The van der Waals surface area contributed by atoms with Gasteiger partial charge in [-0.05, 0) is 35.1 Å². The second kappa shape index (κ2) is 7.05. The Morgan fingerprint density at radius 3 is 2.11 bits per heavy atom. The molecule has 0 saturated carbocycles. The summed E-state index contributed by atoms with van der Waals surface area (Å²) in [6, 6.07) is 16.3. The van der Waals surface area contributed by atoms with Crippen molar-refractivity contribution < 1.29 is 19.4 Å². The number of carbonyl (C=O) groups excluding carboxylic acids is 1. The summed E-state index contributed by atoms with van der Waals surface area (Å²) in [6.07, 6.45) is 5.49. The average Bonchev–Trinajstić information content (AvgIpc) is 3.06. The maximum atomic E-state index is 12.6. The van der Waals surface area contributed by atoms with Crippen LogP contribution in [0.25, 0.3) is 11.1 Å². The molecule has 5 heteroatoms. The van der Waals surface area contributed by atoms with Crippen LogP contribution in [0.15, 0.2) is 48.5 Å². The highest BCUT2D eigenvalue weighted by molar-refractivity contribution is 5.80. The summed E-state index contributed by atoms with van der Waals surface area (Å²) in [4.78, 5) is 25.5. The number of piperidine rings is 1. The number of aliphatic carboxylic acids is 1. The van der Waals surface area contributed by atoms with Crippen LogP contribution in [-0.4, -0.2) is 41.8 Å². The zero-order valence-corrected chi connectivity index (χ0v) is 15.4. The van der Waals surface area contributed by atoms with Gasteiger partial charge in [0.1, 0.15) is 12.0 Å². The van der Waals surface area contributed by atoms with E-state index in [4.69, 9.17) is 11.2 Å². The van der Waals surface area contributed by atoms with Crippen LogP contribution in [0.1, 0.15) is 29.9 Å². The van der Waals surface area contributed by atoms with Gasteiger partial charge in [0.2, 0.25) is 0 Å². The summed E-state index contributed by atoms with van der Waals surface area (Å²) in [5.74, 6) is 1.40. The molecule has 1 aliphatic heterocycles. The minimum absolute atomic E-state index is 0.00459. The molecule has 142 valence electrons. The minimum Gasteiger partial charge on any atom is -0.480 e. The Labute approximate surface area is 163 Å². The van der Waals surface area contributed by atoms with Gasteiger partial charge in [-0.2, -0.15) is 0 Å². The zero-order valence-electron chi connectivity index (χ0n) is 15.4. The standard InChI is InChI=1S/C23H21NO4/c1-2-23(21(25)26)11-13-24(14-12-23)22(27)28-15-20-18-9-5-3-7-16(18)17-8-4-6-10-19(17)20/h1,3-10,20H,11-15H2,(H,25,26). The molecular formula is C23H21NO4. The van der Waals surface area contributed by atoms with Crippen molar-refractivity contribution in [3.05, 3.63) is 59.7 Å². The van der Waals surface area contributed by atoms with Crippen LogP contribution >= 0.6 is 0 Å². The fourth-order valence-corrected chi connectivity index (χ4v) is 4.18. The Morgan fingerprint density at radius 2 is 1.61 bits per heavy atom. The maximum absolute atomic E-state index is 12.6. The van der Waals surface area contributed by atoms with Crippen LogP contribution in [0.5, 0.6) is 0 Å². The molecule has 0 atom stereocenters. The maximum Gasteiger partial charge on any atom is 0.409 e. The van der Waals surface area contributed by atoms with Gasteiger partial charge in [0.15, 0.2) is 0 Å². The smallest absolute Gasteiger partial charge is 0.409 e. The third-order valence-electron chi connectivity index (χ3n) is 5.90. The van der Waals surface area contributed by atoms with Gasteiger partial charge >= 0.3 is 12.1 Å². The van der Waals surface area contributed by atoms with Crippen molar-refractivity contribution in [1.29, 1.82) is 0 Å². The second-order valence-corrected chi connectivity index (χ2v) is 7.32. The molecule has 0 spiro atoms. The largest absolute Gasteiger partial charge is 0.480 e. The molecule has 28 heavy (non-hydrogen) atoms. The van der Waals surface area contributed by atoms with Crippen LogP contribution in [0.4, 0.5) is 4.79 Å². The predicted octanol–water partition coefficient (Wildman–Crippen LogP) is 3.74. The monoisotopic (exact) mass is 375 g/mol. The number of carbonyl (C=O) groups is 2. The highest BCUT2D eigenvalue weighted by atomic mass is 16.6. The Balaban J connectivity index is 1.44.